The number of nitrogens with zero attached hydrogens (tertiary/aromatic N) is 1. The van der Waals surface area contributed by atoms with Gasteiger partial charge in [-0.25, -0.2) is 0 Å². The molecule has 0 aromatic carbocycles. The maximum atomic E-state index is 9.92. The molecule has 0 spiro atoms. The van der Waals surface area contributed by atoms with Crippen molar-refractivity contribution in [2.75, 3.05) is 26.7 Å². The minimum absolute atomic E-state index is 0.157. The van der Waals surface area contributed by atoms with E-state index in [1.54, 1.807) is 0 Å². The molecule has 116 valence electrons. The van der Waals surface area contributed by atoms with Gasteiger partial charge in [0.2, 0.25) is 0 Å². The Hall–Kier alpha value is -0.120. The van der Waals surface area contributed by atoms with Crippen molar-refractivity contribution in [1.29, 1.82) is 0 Å². The largest absolute Gasteiger partial charge is 0.389 e. The molecule has 0 amide bonds. The van der Waals surface area contributed by atoms with Crippen molar-refractivity contribution < 1.29 is 5.11 Å². The van der Waals surface area contributed by atoms with E-state index in [-0.39, 0.29) is 11.0 Å². The Morgan fingerprint density at radius 3 is 1.89 bits per heavy atom. The van der Waals surface area contributed by atoms with Gasteiger partial charge in [-0.1, -0.05) is 20.3 Å². The minimum atomic E-state index is -0.626. The van der Waals surface area contributed by atoms with Crippen LogP contribution in [-0.4, -0.2) is 47.8 Å². The molecule has 0 fully saturated rings. The predicted molar refractivity (Wildman–Crippen MR) is 84.6 cm³/mol. The highest BCUT2D eigenvalue weighted by molar-refractivity contribution is 4.84. The van der Waals surface area contributed by atoms with Gasteiger partial charge in [-0.3, -0.25) is 0 Å². The van der Waals surface area contributed by atoms with Crippen molar-refractivity contribution in [2.24, 2.45) is 5.41 Å². The molecule has 0 aliphatic heterocycles. The Morgan fingerprint density at radius 1 is 1.00 bits per heavy atom. The van der Waals surface area contributed by atoms with Gasteiger partial charge in [0.05, 0.1) is 5.60 Å². The van der Waals surface area contributed by atoms with E-state index < -0.39 is 5.60 Å². The van der Waals surface area contributed by atoms with Crippen LogP contribution in [-0.2, 0) is 0 Å². The first-order chi connectivity index (χ1) is 8.37. The number of nitrogens with one attached hydrogen (secondary N) is 1. The van der Waals surface area contributed by atoms with Gasteiger partial charge in [0.1, 0.15) is 0 Å². The van der Waals surface area contributed by atoms with Crippen molar-refractivity contribution in [3.63, 3.8) is 0 Å². The highest BCUT2D eigenvalue weighted by Gasteiger charge is 2.28. The number of rotatable bonds is 8. The van der Waals surface area contributed by atoms with E-state index in [9.17, 15) is 5.11 Å². The Balaban J connectivity index is 4.52. The molecule has 1 unspecified atom stereocenters. The molecule has 0 aliphatic rings. The molecule has 0 aliphatic carbocycles. The highest BCUT2D eigenvalue weighted by atomic mass is 16.3. The van der Waals surface area contributed by atoms with E-state index in [1.165, 1.54) is 12.8 Å². The fraction of sp³-hybridized carbons (Fsp3) is 1.00. The normalized spacial score (nSPS) is 16.7. The first-order valence-electron chi connectivity index (χ1n) is 7.53. The molecule has 0 aromatic rings. The summed E-state index contributed by atoms with van der Waals surface area (Å²) in [5.41, 5.74) is -0.217. The highest BCUT2D eigenvalue weighted by Crippen LogP contribution is 2.25. The average molecular weight is 272 g/mol. The Labute approximate surface area is 120 Å². The average Bonchev–Trinajstić information content (AvgIpc) is 2.10. The predicted octanol–water partition coefficient (Wildman–Crippen LogP) is 2.88. The van der Waals surface area contributed by atoms with Crippen LogP contribution in [0.5, 0.6) is 0 Å². The molecular formula is C16H36N2O. The van der Waals surface area contributed by atoms with E-state index in [2.05, 4.69) is 51.9 Å². The lowest BCUT2D eigenvalue weighted by Crippen LogP contribution is -2.48. The summed E-state index contributed by atoms with van der Waals surface area (Å²) < 4.78 is 0. The zero-order valence-electron chi connectivity index (χ0n) is 14.4. The number of aliphatic hydroxyl groups is 1. The zero-order valence-corrected chi connectivity index (χ0v) is 14.4. The van der Waals surface area contributed by atoms with E-state index in [0.29, 0.717) is 6.54 Å². The second-order valence-corrected chi connectivity index (χ2v) is 8.15. The molecule has 3 nitrogen and oxygen atoms in total. The van der Waals surface area contributed by atoms with E-state index in [4.69, 9.17) is 0 Å². The van der Waals surface area contributed by atoms with Crippen LogP contribution >= 0.6 is 0 Å². The summed E-state index contributed by atoms with van der Waals surface area (Å²) in [6.45, 7) is 17.7. The summed E-state index contributed by atoms with van der Waals surface area (Å²) in [5.74, 6) is 0. The summed E-state index contributed by atoms with van der Waals surface area (Å²) in [6, 6.07) is 0. The van der Waals surface area contributed by atoms with Crippen LogP contribution in [0.1, 0.15) is 61.3 Å². The Kier molecular flexibility index (Phi) is 7.01. The van der Waals surface area contributed by atoms with Crippen LogP contribution < -0.4 is 5.32 Å². The molecule has 0 rings (SSSR count). The van der Waals surface area contributed by atoms with Crippen LogP contribution in [0.3, 0.4) is 0 Å². The molecule has 0 saturated heterocycles. The van der Waals surface area contributed by atoms with Crippen LogP contribution in [0.15, 0.2) is 0 Å². The Morgan fingerprint density at radius 2 is 1.53 bits per heavy atom. The standard InChI is InChI=1S/C16H36N2O/c1-9-10-16(7,11-17-14(2,3)4)13-18(8)12-15(5,6)19/h17,19H,9-13H2,1-8H3. The quantitative estimate of drug-likeness (QED) is 0.713. The summed E-state index contributed by atoms with van der Waals surface area (Å²) in [5, 5.41) is 13.5. The number of likely N-dealkylation sites (N-methyl/N-ethyl adjacent to an activating group) is 1. The van der Waals surface area contributed by atoms with Crippen molar-refractivity contribution in [1.82, 2.24) is 10.2 Å². The van der Waals surface area contributed by atoms with Crippen LogP contribution in [0.25, 0.3) is 0 Å². The van der Waals surface area contributed by atoms with Crippen LogP contribution in [0.2, 0.25) is 0 Å². The lowest BCUT2D eigenvalue weighted by molar-refractivity contribution is 0.0300. The summed E-state index contributed by atoms with van der Waals surface area (Å²) in [4.78, 5) is 2.25. The summed E-state index contributed by atoms with van der Waals surface area (Å²) >= 11 is 0. The topological polar surface area (TPSA) is 35.5 Å². The lowest BCUT2D eigenvalue weighted by atomic mass is 9.84. The van der Waals surface area contributed by atoms with E-state index >= 15 is 0 Å². The molecule has 2 N–H and O–H groups in total. The molecule has 0 radical (unpaired) electrons. The maximum Gasteiger partial charge on any atom is 0.0718 e. The van der Waals surface area contributed by atoms with Crippen molar-refractivity contribution in [3.05, 3.63) is 0 Å². The number of hydrogen-bond acceptors (Lipinski definition) is 3. The fourth-order valence-corrected chi connectivity index (χ4v) is 2.67. The van der Waals surface area contributed by atoms with Gasteiger partial charge in [0.25, 0.3) is 0 Å². The molecule has 0 saturated carbocycles. The third kappa shape index (κ3) is 10.3. The van der Waals surface area contributed by atoms with Gasteiger partial charge in [-0.2, -0.15) is 0 Å². The van der Waals surface area contributed by atoms with Gasteiger partial charge >= 0.3 is 0 Å². The maximum absolute atomic E-state index is 9.92. The molecular weight excluding hydrogens is 236 g/mol. The first kappa shape index (κ1) is 18.9. The van der Waals surface area contributed by atoms with Crippen molar-refractivity contribution >= 4 is 0 Å². The second kappa shape index (κ2) is 7.05. The number of hydrogen-bond donors (Lipinski definition) is 2. The van der Waals surface area contributed by atoms with Crippen molar-refractivity contribution in [2.45, 2.75) is 72.4 Å². The molecule has 3 heteroatoms. The van der Waals surface area contributed by atoms with Crippen LogP contribution in [0, 0.1) is 5.41 Å². The van der Waals surface area contributed by atoms with Crippen molar-refractivity contribution in [3.8, 4) is 0 Å². The summed E-state index contributed by atoms with van der Waals surface area (Å²) in [7, 11) is 2.10. The SMILES string of the molecule is CCCC(C)(CNC(C)(C)C)CN(C)CC(C)(C)O. The van der Waals surface area contributed by atoms with E-state index in [1.807, 2.05) is 13.8 Å². The zero-order chi connectivity index (χ0) is 15.3. The van der Waals surface area contributed by atoms with Gasteiger partial charge in [-0.05, 0) is 53.5 Å². The van der Waals surface area contributed by atoms with E-state index in [0.717, 1.165) is 13.1 Å². The van der Waals surface area contributed by atoms with Gasteiger partial charge < -0.3 is 15.3 Å². The molecule has 0 bridgehead atoms. The van der Waals surface area contributed by atoms with Crippen LogP contribution in [0.4, 0.5) is 0 Å². The first-order valence-corrected chi connectivity index (χ1v) is 7.53. The third-order valence-electron chi connectivity index (χ3n) is 3.21. The molecule has 19 heavy (non-hydrogen) atoms. The molecule has 0 heterocycles. The monoisotopic (exact) mass is 272 g/mol. The fourth-order valence-electron chi connectivity index (χ4n) is 2.67. The lowest BCUT2D eigenvalue weighted by Gasteiger charge is -2.38. The van der Waals surface area contributed by atoms with Gasteiger partial charge in [0, 0.05) is 25.2 Å². The molecule has 0 aromatic heterocycles. The Bertz CT molecular complexity index is 252. The van der Waals surface area contributed by atoms with Gasteiger partial charge in [0.15, 0.2) is 0 Å². The minimum Gasteiger partial charge on any atom is -0.389 e. The molecule has 1 atom stereocenters. The second-order valence-electron chi connectivity index (χ2n) is 8.15. The van der Waals surface area contributed by atoms with Gasteiger partial charge in [-0.15, -0.1) is 0 Å². The summed E-state index contributed by atoms with van der Waals surface area (Å²) in [6.07, 6.45) is 2.39. The smallest absolute Gasteiger partial charge is 0.0718 e. The third-order valence-corrected chi connectivity index (χ3v) is 3.21.